The third kappa shape index (κ3) is 15.3. The molecule has 5 amide bonds. The zero-order valence-corrected chi connectivity index (χ0v) is 45.2. The van der Waals surface area contributed by atoms with E-state index in [0.29, 0.717) is 17.0 Å². The molecule has 0 unspecified atom stereocenters. The van der Waals surface area contributed by atoms with E-state index in [4.69, 9.17) is 35.6 Å². The molecule has 1 aliphatic rings. The number of aliphatic hydroxyl groups excluding tert-OH is 2. The van der Waals surface area contributed by atoms with Crippen LogP contribution in [-0.4, -0.2) is 154 Å². The van der Waals surface area contributed by atoms with Crippen molar-refractivity contribution in [2.24, 2.45) is 16.6 Å². The summed E-state index contributed by atoms with van der Waals surface area (Å²) in [6.07, 6.45) is -2.61. The average Bonchev–Trinajstić information content (AvgIpc) is 3.38. The van der Waals surface area contributed by atoms with Crippen molar-refractivity contribution in [1.82, 2.24) is 40.9 Å². The average molecular weight is 1090 g/mol. The van der Waals surface area contributed by atoms with Crippen molar-refractivity contribution < 1.29 is 61.6 Å². The molecule has 0 spiro atoms. The Bertz CT molecular complexity index is 2960. The highest BCUT2D eigenvalue weighted by Crippen LogP contribution is 2.48. The number of ether oxygens (including phenoxy) is 4. The van der Waals surface area contributed by atoms with Crippen molar-refractivity contribution in [3.8, 4) is 51.6 Å². The highest BCUT2D eigenvalue weighted by molar-refractivity contribution is 7.87. The molecule has 3 aromatic carbocycles. The summed E-state index contributed by atoms with van der Waals surface area (Å²) in [7, 11) is -0.723. The number of nitrogens with zero attached hydrogens (tertiary/aromatic N) is 4. The van der Waals surface area contributed by atoms with Gasteiger partial charge in [-0.15, -0.1) is 0 Å². The van der Waals surface area contributed by atoms with Crippen LogP contribution in [0.2, 0.25) is 0 Å². The van der Waals surface area contributed by atoms with Crippen LogP contribution in [0.1, 0.15) is 72.2 Å². The summed E-state index contributed by atoms with van der Waals surface area (Å²) in [5.41, 5.74) is 14.0. The van der Waals surface area contributed by atoms with Crippen LogP contribution >= 0.6 is 0 Å². The van der Waals surface area contributed by atoms with Gasteiger partial charge >= 0.3 is 0 Å². The maximum atomic E-state index is 15.1. The van der Waals surface area contributed by atoms with E-state index in [0.717, 1.165) is 10.5 Å². The molecule has 0 saturated carbocycles. The zero-order valence-electron chi connectivity index (χ0n) is 44.3. The fraction of sp³-hybridized carbons (Fsp3) is 0.451. The lowest BCUT2D eigenvalue weighted by molar-refractivity contribution is -0.141. The van der Waals surface area contributed by atoms with Crippen molar-refractivity contribution >= 4 is 39.7 Å². The first-order valence-corrected chi connectivity index (χ1v) is 25.8. The fourth-order valence-corrected chi connectivity index (χ4v) is 8.70. The van der Waals surface area contributed by atoms with Crippen molar-refractivity contribution in [1.29, 1.82) is 5.26 Å². The molecule has 2 heterocycles. The minimum atomic E-state index is -4.53. The molecule has 1 aromatic heterocycles. The molecule has 0 aliphatic carbocycles. The summed E-state index contributed by atoms with van der Waals surface area (Å²) in [6, 6.07) is 8.83. The van der Waals surface area contributed by atoms with Gasteiger partial charge in [-0.25, -0.2) is 15.1 Å². The third-order valence-corrected chi connectivity index (χ3v) is 12.9. The van der Waals surface area contributed by atoms with Crippen molar-refractivity contribution in [2.75, 3.05) is 60.7 Å². The first-order valence-electron chi connectivity index (χ1n) is 24.3. The highest BCUT2D eigenvalue weighted by Gasteiger charge is 2.38. The number of methoxy groups -OCH3 is 2. The second-order valence-electron chi connectivity index (χ2n) is 19.2. The molecular weight excluding hydrogens is 1020 g/mol. The smallest absolute Gasteiger partial charge is 0.274 e. The largest absolute Gasteiger partial charge is 0.492 e. The summed E-state index contributed by atoms with van der Waals surface area (Å²) >= 11 is 0. The van der Waals surface area contributed by atoms with Crippen molar-refractivity contribution in [3.63, 3.8) is 0 Å². The Morgan fingerprint density at radius 2 is 1.45 bits per heavy atom. The molecule has 0 radical (unpaired) electrons. The van der Waals surface area contributed by atoms with Crippen LogP contribution < -0.4 is 61.5 Å². The van der Waals surface area contributed by atoms with Crippen LogP contribution in [0.5, 0.6) is 23.0 Å². The minimum absolute atomic E-state index is 0.00625. The zero-order chi connectivity index (χ0) is 57.1. The van der Waals surface area contributed by atoms with Crippen LogP contribution in [0, 0.1) is 25.2 Å². The first-order chi connectivity index (χ1) is 36.2. The van der Waals surface area contributed by atoms with E-state index in [-0.39, 0.29) is 88.2 Å². The number of hydrogen-bond donors (Lipinski definition) is 10. The van der Waals surface area contributed by atoms with Crippen molar-refractivity contribution in [3.05, 3.63) is 82.2 Å². The van der Waals surface area contributed by atoms with Crippen LogP contribution in [0.25, 0.3) is 22.5 Å². The number of rotatable bonds is 20. The maximum absolute atomic E-state index is 15.1. The Morgan fingerprint density at radius 1 is 0.896 bits per heavy atom. The number of benzene rings is 3. The second-order valence-corrected chi connectivity index (χ2v) is 20.6. The summed E-state index contributed by atoms with van der Waals surface area (Å²) in [5, 5.41) is 45.9. The maximum Gasteiger partial charge on any atom is 0.274 e. The van der Waals surface area contributed by atoms with Gasteiger partial charge in [0, 0.05) is 49.8 Å². The van der Waals surface area contributed by atoms with E-state index < -0.39 is 95.8 Å². The molecule has 13 N–H and O–H groups in total. The monoisotopic (exact) mass is 1090 g/mol. The molecule has 26 heteroatoms. The molecule has 416 valence electrons. The first kappa shape index (κ1) is 60.4. The Hall–Kier alpha value is -7.51. The lowest BCUT2D eigenvalue weighted by Gasteiger charge is -2.33. The number of carbonyl (C=O) groups is 5. The van der Waals surface area contributed by atoms with E-state index in [1.165, 1.54) is 46.4 Å². The molecule has 0 fully saturated rings. The van der Waals surface area contributed by atoms with Gasteiger partial charge in [0.05, 0.1) is 37.2 Å². The Kier molecular flexibility index (Phi) is 20.4. The van der Waals surface area contributed by atoms with Crippen LogP contribution in [0.4, 0.5) is 0 Å². The lowest BCUT2D eigenvalue weighted by Crippen LogP contribution is -2.57. The van der Waals surface area contributed by atoms with E-state index >= 15 is 9.59 Å². The van der Waals surface area contributed by atoms with Gasteiger partial charge in [0.1, 0.15) is 56.1 Å². The molecule has 4 bridgehead atoms. The van der Waals surface area contributed by atoms with Gasteiger partial charge in [0.2, 0.25) is 23.6 Å². The number of nitriles is 1. The van der Waals surface area contributed by atoms with Gasteiger partial charge in [-0.1, -0.05) is 45.0 Å². The number of aromatic nitrogens is 2. The molecule has 25 nitrogen and oxygen atoms in total. The minimum Gasteiger partial charge on any atom is -0.492 e. The number of fused-ring (bicyclic) bond motifs is 5. The molecule has 1 aliphatic heterocycles. The molecule has 4 aromatic rings. The summed E-state index contributed by atoms with van der Waals surface area (Å²) in [4.78, 5) is 82.2. The Morgan fingerprint density at radius 3 is 1.97 bits per heavy atom. The highest BCUT2D eigenvalue weighted by atomic mass is 32.2. The summed E-state index contributed by atoms with van der Waals surface area (Å²) in [5.74, 6) is -4.44. The SMILES string of the molecule is COc1c(OC[C@H](O)CN)cc2cc1-c1cc(cc(OC[C@H](O)CN)c1OC)[C@H](N(C)C(=O)[C@H](CNS(N)(=O)=O)NC(=O)c1c(C)nc(-c3ccc(C(C)(C)C)cc3)nc1C)C(=O)N[C@@H](C)C(=O)N[C@H](C(=O)NCC#N)C2. The Balaban J connectivity index is 1.73. The summed E-state index contributed by atoms with van der Waals surface area (Å²) < 4.78 is 50.9. The lowest BCUT2D eigenvalue weighted by atomic mass is 9.86. The molecule has 77 heavy (non-hydrogen) atoms. The molecule has 0 saturated heterocycles. The molecular formula is C51H68N12O13S. The number of nitrogens with one attached hydrogen (secondary N) is 5. The van der Waals surface area contributed by atoms with E-state index in [1.54, 1.807) is 19.9 Å². The number of aliphatic hydroxyl groups is 2. The van der Waals surface area contributed by atoms with E-state index in [1.807, 2.05) is 30.3 Å². The predicted octanol–water partition coefficient (Wildman–Crippen LogP) is -0.584. The quantitative estimate of drug-likeness (QED) is 0.0495. The predicted molar refractivity (Wildman–Crippen MR) is 281 cm³/mol. The third-order valence-electron chi connectivity index (χ3n) is 12.4. The van der Waals surface area contributed by atoms with E-state index in [9.17, 15) is 38.3 Å². The number of nitrogens with two attached hydrogens (primary N) is 3. The van der Waals surface area contributed by atoms with E-state index in [2.05, 4.69) is 56.7 Å². The molecule has 6 atom stereocenters. The van der Waals surface area contributed by atoms with Gasteiger partial charge in [0.15, 0.2) is 28.8 Å². The van der Waals surface area contributed by atoms with Crippen LogP contribution in [0.15, 0.2) is 48.5 Å². The van der Waals surface area contributed by atoms with Gasteiger partial charge < -0.3 is 66.8 Å². The topological polar surface area (TPSA) is 388 Å². The standard InChI is InChI=1S/C51H68N12O13S/c1-26-41(27(2)59-45(58-26)30-10-12-32(13-11-30)51(4,5)6)48(68)62-38(23-57-77(55,71)72)50(70)63(7)42-31-19-36(44(74-9)40(20-31)76-25-34(65)22-54)35-16-29(18-39(43(35)73-8)75-24-33(64)21-53)17-37(47(67)56-15-14-52)61-46(66)28(3)60-49(42)69/h10-13,16,18-20,28,33-34,37-38,42,57,64-65H,15,17,21-25,53-54H2,1-9H3,(H,56,67)(H,60,69)(H,61,66)(H,62,68)(H2,55,71,72)/t28-,33+,34+,37-,38-,42-/m0/s1. The normalized spacial score (nSPS) is 17.0. The number of aryl methyl sites for hydroxylation is 2. The van der Waals surface area contributed by atoms with Crippen LogP contribution in [-0.2, 0) is 41.2 Å². The van der Waals surface area contributed by atoms with Gasteiger partial charge in [0.25, 0.3) is 16.1 Å². The molecule has 5 rings (SSSR count). The number of carbonyl (C=O) groups excluding carboxylic acids is 5. The van der Waals surface area contributed by atoms with Gasteiger partial charge in [-0.05, 0) is 67.1 Å². The number of hydrogen-bond acceptors (Lipinski definition) is 18. The summed E-state index contributed by atoms with van der Waals surface area (Å²) in [6.45, 7) is 8.24. The fourth-order valence-electron chi connectivity index (χ4n) is 8.30. The van der Waals surface area contributed by atoms with Gasteiger partial charge in [-0.3, -0.25) is 24.0 Å². The van der Waals surface area contributed by atoms with Gasteiger partial charge in [-0.2, -0.15) is 18.4 Å². The number of amides is 5. The number of likely N-dealkylation sites (N-methyl/N-ethyl adjacent to an activating group) is 1. The van der Waals surface area contributed by atoms with Crippen LogP contribution in [0.3, 0.4) is 0 Å². The Labute approximate surface area is 446 Å². The second kappa shape index (κ2) is 26.0. The van der Waals surface area contributed by atoms with Crippen molar-refractivity contribution in [2.45, 2.75) is 89.8 Å².